The summed E-state index contributed by atoms with van der Waals surface area (Å²) in [4.78, 5) is 36.9. The normalized spacial score (nSPS) is 16.0. The van der Waals surface area contributed by atoms with Gasteiger partial charge < -0.3 is 15.7 Å². The number of nitrogens with zero attached hydrogens (tertiary/aromatic N) is 1. The summed E-state index contributed by atoms with van der Waals surface area (Å²) < 4.78 is 0. The first kappa shape index (κ1) is 23.6. The lowest BCUT2D eigenvalue weighted by Crippen LogP contribution is -2.54. The van der Waals surface area contributed by atoms with Crippen LogP contribution in [0.5, 0.6) is 0 Å². The molecule has 8 heteroatoms. The van der Waals surface area contributed by atoms with Gasteiger partial charge in [-0.05, 0) is 30.2 Å². The molecular weight excluding hydrogens is 386 g/mol. The van der Waals surface area contributed by atoms with E-state index in [1.54, 1.807) is 6.08 Å². The first-order valence-corrected chi connectivity index (χ1v) is 10.1. The van der Waals surface area contributed by atoms with Crippen molar-refractivity contribution in [1.82, 2.24) is 15.7 Å². The summed E-state index contributed by atoms with van der Waals surface area (Å²) in [7, 11) is 0. The first-order chi connectivity index (χ1) is 14.1. The second-order valence-corrected chi connectivity index (χ2v) is 8.63. The molecule has 2 rings (SSSR count). The fourth-order valence-corrected chi connectivity index (χ4v) is 2.80. The van der Waals surface area contributed by atoms with Gasteiger partial charge in [-0.25, -0.2) is 0 Å². The molecule has 30 heavy (non-hydrogen) atoms. The molecule has 0 unspecified atom stereocenters. The third-order valence-corrected chi connectivity index (χ3v) is 4.69. The molecule has 0 aliphatic heterocycles. The number of aliphatic hydroxyl groups is 1. The molecule has 1 aliphatic rings. The van der Waals surface area contributed by atoms with E-state index >= 15 is 0 Å². The third-order valence-electron chi connectivity index (χ3n) is 4.69. The highest BCUT2D eigenvalue weighted by atomic mass is 16.5. The molecule has 1 aromatic carbocycles. The summed E-state index contributed by atoms with van der Waals surface area (Å²) in [6.07, 6.45) is 2.75. The lowest BCUT2D eigenvalue weighted by molar-refractivity contribution is -0.165. The van der Waals surface area contributed by atoms with E-state index in [2.05, 4.69) is 10.6 Å². The Morgan fingerprint density at radius 2 is 1.83 bits per heavy atom. The largest absolute Gasteiger partial charge is 0.383 e. The van der Waals surface area contributed by atoms with Gasteiger partial charge in [-0.1, -0.05) is 57.2 Å². The predicted octanol–water partition coefficient (Wildman–Crippen LogP) is 1.52. The molecule has 0 spiro atoms. The molecule has 1 aliphatic carbocycles. The second kappa shape index (κ2) is 10.4. The van der Waals surface area contributed by atoms with Crippen molar-refractivity contribution in [3.05, 3.63) is 48.2 Å². The first-order valence-electron chi connectivity index (χ1n) is 10.1. The van der Waals surface area contributed by atoms with Gasteiger partial charge in [0.05, 0.1) is 6.42 Å². The lowest BCUT2D eigenvalue weighted by atomic mass is 9.86. The number of hydrogen-bond acceptors (Lipinski definition) is 5. The number of hydroxylamine groups is 2. The van der Waals surface area contributed by atoms with Crippen molar-refractivity contribution >= 4 is 17.7 Å². The zero-order valence-electron chi connectivity index (χ0n) is 17.7. The van der Waals surface area contributed by atoms with Crippen LogP contribution in [0.2, 0.25) is 0 Å². The number of nitrogens with one attached hydrogen (secondary N) is 2. The summed E-state index contributed by atoms with van der Waals surface area (Å²) in [6.45, 7) is 5.46. The van der Waals surface area contributed by atoms with Crippen LogP contribution in [-0.2, 0) is 20.8 Å². The van der Waals surface area contributed by atoms with Crippen LogP contribution in [0.15, 0.2) is 42.6 Å². The minimum Gasteiger partial charge on any atom is -0.383 e. The average Bonchev–Trinajstić information content (AvgIpc) is 3.49. The topological polar surface area (TPSA) is 119 Å². The lowest BCUT2D eigenvalue weighted by Gasteiger charge is -2.30. The predicted molar refractivity (Wildman–Crippen MR) is 111 cm³/mol. The molecule has 4 N–H and O–H groups in total. The molecule has 2 atom stereocenters. The summed E-state index contributed by atoms with van der Waals surface area (Å²) >= 11 is 0. The van der Waals surface area contributed by atoms with Crippen molar-refractivity contribution in [2.45, 2.75) is 64.6 Å². The van der Waals surface area contributed by atoms with Gasteiger partial charge in [-0.2, -0.15) is 5.06 Å². The highest BCUT2D eigenvalue weighted by Crippen LogP contribution is 2.23. The Morgan fingerprint density at radius 3 is 2.40 bits per heavy atom. The van der Waals surface area contributed by atoms with Crippen molar-refractivity contribution in [2.24, 2.45) is 5.41 Å². The van der Waals surface area contributed by atoms with Gasteiger partial charge in [0.15, 0.2) is 0 Å². The van der Waals surface area contributed by atoms with E-state index in [-0.39, 0.29) is 17.0 Å². The van der Waals surface area contributed by atoms with Crippen LogP contribution in [0.1, 0.15) is 45.6 Å². The van der Waals surface area contributed by atoms with Crippen LogP contribution in [0.25, 0.3) is 0 Å². The molecule has 1 saturated carbocycles. The van der Waals surface area contributed by atoms with Gasteiger partial charge in [0.1, 0.15) is 12.1 Å². The van der Waals surface area contributed by atoms with Crippen LogP contribution in [0.4, 0.5) is 0 Å². The zero-order chi connectivity index (χ0) is 22.3. The van der Waals surface area contributed by atoms with E-state index in [0.29, 0.717) is 6.42 Å². The van der Waals surface area contributed by atoms with Crippen LogP contribution >= 0.6 is 0 Å². The van der Waals surface area contributed by atoms with Crippen LogP contribution in [0.3, 0.4) is 0 Å². The maximum Gasteiger partial charge on any atom is 0.279 e. The standard InChI is InChI=1S/C22H31N3O5/c1-22(2,3)19(20(28)23-16-11-12-16)24-18(27)14-17(26)21(29)25(30)13-7-10-15-8-5-4-6-9-15/h4-9,13,16-17,19,26,30H,10-12,14H2,1-3H3,(H,23,28)(H,24,27)/t17-,19+/m0/s1. The molecular formula is C22H31N3O5. The summed E-state index contributed by atoms with van der Waals surface area (Å²) in [5.41, 5.74) is 0.444. The van der Waals surface area contributed by atoms with E-state index in [9.17, 15) is 24.7 Å². The van der Waals surface area contributed by atoms with Crippen molar-refractivity contribution in [3.63, 3.8) is 0 Å². The van der Waals surface area contributed by atoms with Gasteiger partial charge in [0.2, 0.25) is 11.8 Å². The van der Waals surface area contributed by atoms with E-state index in [1.165, 1.54) is 0 Å². The second-order valence-electron chi connectivity index (χ2n) is 8.63. The van der Waals surface area contributed by atoms with Crippen molar-refractivity contribution in [3.8, 4) is 0 Å². The number of carbonyl (C=O) groups is 3. The van der Waals surface area contributed by atoms with Crippen molar-refractivity contribution < 1.29 is 24.7 Å². The highest BCUT2D eigenvalue weighted by Gasteiger charge is 2.36. The molecule has 3 amide bonds. The number of hydrogen-bond donors (Lipinski definition) is 4. The maximum absolute atomic E-state index is 12.4. The number of aliphatic hydroxyl groups excluding tert-OH is 1. The number of rotatable bonds is 9. The minimum atomic E-state index is -1.73. The maximum atomic E-state index is 12.4. The van der Waals surface area contributed by atoms with Gasteiger partial charge in [-0.15, -0.1) is 0 Å². The minimum absolute atomic E-state index is 0.150. The summed E-state index contributed by atoms with van der Waals surface area (Å²) in [6, 6.07) is 8.79. The van der Waals surface area contributed by atoms with Crippen molar-refractivity contribution in [2.75, 3.05) is 0 Å². The highest BCUT2D eigenvalue weighted by molar-refractivity contribution is 5.91. The fraction of sp³-hybridized carbons (Fsp3) is 0.500. The third kappa shape index (κ3) is 7.61. The smallest absolute Gasteiger partial charge is 0.279 e. The molecule has 164 valence electrons. The number of allylic oxidation sites excluding steroid dienone is 1. The van der Waals surface area contributed by atoms with Gasteiger partial charge in [-0.3, -0.25) is 19.6 Å². The summed E-state index contributed by atoms with van der Waals surface area (Å²) in [5.74, 6) is -1.96. The Hall–Kier alpha value is -2.71. The van der Waals surface area contributed by atoms with E-state index in [1.807, 2.05) is 51.1 Å². The molecule has 8 nitrogen and oxygen atoms in total. The van der Waals surface area contributed by atoms with Gasteiger partial charge >= 0.3 is 0 Å². The molecule has 0 aromatic heterocycles. The van der Waals surface area contributed by atoms with E-state index in [0.717, 1.165) is 24.6 Å². The number of benzene rings is 1. The Labute approximate surface area is 176 Å². The zero-order valence-corrected chi connectivity index (χ0v) is 17.7. The monoisotopic (exact) mass is 417 g/mol. The van der Waals surface area contributed by atoms with Crippen LogP contribution < -0.4 is 10.6 Å². The van der Waals surface area contributed by atoms with Crippen LogP contribution in [0, 0.1) is 5.41 Å². The Balaban J connectivity index is 1.86. The molecule has 0 radical (unpaired) electrons. The molecule has 1 aromatic rings. The van der Waals surface area contributed by atoms with E-state index in [4.69, 9.17) is 0 Å². The Morgan fingerprint density at radius 1 is 1.20 bits per heavy atom. The molecule has 1 fully saturated rings. The van der Waals surface area contributed by atoms with E-state index < -0.39 is 35.8 Å². The fourth-order valence-electron chi connectivity index (χ4n) is 2.80. The van der Waals surface area contributed by atoms with Gasteiger partial charge in [0.25, 0.3) is 5.91 Å². The van der Waals surface area contributed by atoms with Crippen molar-refractivity contribution in [1.29, 1.82) is 0 Å². The SMILES string of the molecule is CC(C)(C)[C@H](NC(=O)C[C@H](O)C(=O)N(O)C=CCc1ccccc1)C(=O)NC1CC1. The number of amides is 3. The molecule has 0 heterocycles. The summed E-state index contributed by atoms with van der Waals surface area (Å²) in [5, 5.41) is 25.6. The number of carbonyl (C=O) groups excluding carboxylic acids is 3. The Bertz CT molecular complexity index is 769. The average molecular weight is 418 g/mol. The van der Waals surface area contributed by atoms with Crippen LogP contribution in [-0.4, -0.2) is 51.3 Å². The molecule has 0 bridgehead atoms. The quantitative estimate of drug-likeness (QED) is 0.359. The van der Waals surface area contributed by atoms with Gasteiger partial charge in [0, 0.05) is 12.2 Å². The Kier molecular flexibility index (Phi) is 8.14. The molecule has 0 saturated heterocycles.